The molecule has 2 unspecified atom stereocenters. The highest BCUT2D eigenvalue weighted by molar-refractivity contribution is 5.28. The van der Waals surface area contributed by atoms with Crippen LogP contribution in [0.4, 0.5) is 0 Å². The van der Waals surface area contributed by atoms with Crippen LogP contribution in [0.25, 0.3) is 0 Å². The van der Waals surface area contributed by atoms with Crippen LogP contribution >= 0.6 is 0 Å². The van der Waals surface area contributed by atoms with Gasteiger partial charge in [-0.2, -0.15) is 0 Å². The molecule has 56 valence electrons. The first-order chi connectivity index (χ1) is 4.79. The molecule has 0 heterocycles. The van der Waals surface area contributed by atoms with Crippen molar-refractivity contribution in [2.45, 2.75) is 39.5 Å². The summed E-state index contributed by atoms with van der Waals surface area (Å²) in [5.74, 6) is 1.85. The standard InChI is InChI=1S/C10H16/c1-7-3-5-9-6-4-8(2)10(7)9/h7-8H,3-6H2,1-2H3. The van der Waals surface area contributed by atoms with Gasteiger partial charge in [-0.25, -0.2) is 0 Å². The average molecular weight is 136 g/mol. The van der Waals surface area contributed by atoms with Crippen molar-refractivity contribution in [2.75, 3.05) is 0 Å². The van der Waals surface area contributed by atoms with Gasteiger partial charge in [-0.05, 0) is 37.5 Å². The fourth-order valence-corrected chi connectivity index (χ4v) is 2.69. The Hall–Kier alpha value is -0.260. The molecule has 0 radical (unpaired) electrons. The van der Waals surface area contributed by atoms with Crippen molar-refractivity contribution in [3.05, 3.63) is 11.1 Å². The summed E-state index contributed by atoms with van der Waals surface area (Å²) >= 11 is 0. The van der Waals surface area contributed by atoms with Gasteiger partial charge in [0, 0.05) is 0 Å². The Kier molecular flexibility index (Phi) is 1.36. The van der Waals surface area contributed by atoms with Crippen LogP contribution < -0.4 is 0 Å². The van der Waals surface area contributed by atoms with E-state index in [4.69, 9.17) is 0 Å². The molecule has 0 bridgehead atoms. The van der Waals surface area contributed by atoms with Crippen LogP contribution in [0.1, 0.15) is 39.5 Å². The second-order valence-electron chi connectivity index (χ2n) is 3.94. The topological polar surface area (TPSA) is 0 Å². The summed E-state index contributed by atoms with van der Waals surface area (Å²) in [6.07, 6.45) is 5.71. The molecule has 0 saturated heterocycles. The number of rotatable bonds is 0. The van der Waals surface area contributed by atoms with Crippen molar-refractivity contribution in [3.8, 4) is 0 Å². The molecule has 0 N–H and O–H groups in total. The van der Waals surface area contributed by atoms with Crippen LogP contribution in [0.15, 0.2) is 11.1 Å². The molecule has 2 rings (SSSR count). The predicted octanol–water partition coefficient (Wildman–Crippen LogP) is 3.14. The fraction of sp³-hybridized carbons (Fsp3) is 0.800. The molecular weight excluding hydrogens is 120 g/mol. The van der Waals surface area contributed by atoms with Gasteiger partial charge in [0.15, 0.2) is 0 Å². The Bertz CT molecular complexity index is 158. The first-order valence-corrected chi connectivity index (χ1v) is 4.51. The lowest BCUT2D eigenvalue weighted by Gasteiger charge is -2.12. The summed E-state index contributed by atoms with van der Waals surface area (Å²) in [6.45, 7) is 4.79. The van der Waals surface area contributed by atoms with Crippen molar-refractivity contribution in [2.24, 2.45) is 11.8 Å². The average Bonchev–Trinajstić information content (AvgIpc) is 2.40. The van der Waals surface area contributed by atoms with Gasteiger partial charge in [-0.3, -0.25) is 0 Å². The van der Waals surface area contributed by atoms with E-state index in [2.05, 4.69) is 13.8 Å². The third-order valence-electron chi connectivity index (χ3n) is 3.23. The van der Waals surface area contributed by atoms with Gasteiger partial charge in [0.05, 0.1) is 0 Å². The van der Waals surface area contributed by atoms with Crippen LogP contribution in [0.2, 0.25) is 0 Å². The van der Waals surface area contributed by atoms with Gasteiger partial charge in [0.2, 0.25) is 0 Å². The highest BCUT2D eigenvalue weighted by Crippen LogP contribution is 2.45. The van der Waals surface area contributed by atoms with E-state index in [1.165, 1.54) is 25.7 Å². The Balaban J connectivity index is 2.27. The molecule has 2 aliphatic rings. The van der Waals surface area contributed by atoms with Crippen molar-refractivity contribution in [3.63, 3.8) is 0 Å². The SMILES string of the molecule is CC1CCC2=C1C(C)CC2. The largest absolute Gasteiger partial charge is 0.0704 e. The zero-order valence-corrected chi connectivity index (χ0v) is 6.98. The first-order valence-electron chi connectivity index (χ1n) is 4.51. The molecule has 0 nitrogen and oxygen atoms in total. The highest BCUT2D eigenvalue weighted by Gasteiger charge is 2.29. The molecule has 0 aromatic carbocycles. The van der Waals surface area contributed by atoms with E-state index in [0.29, 0.717) is 0 Å². The summed E-state index contributed by atoms with van der Waals surface area (Å²) < 4.78 is 0. The van der Waals surface area contributed by atoms with Crippen LogP contribution in [0.5, 0.6) is 0 Å². The lowest BCUT2D eigenvalue weighted by Crippen LogP contribution is -2.00. The molecule has 0 amide bonds. The second-order valence-corrected chi connectivity index (χ2v) is 3.94. The van der Waals surface area contributed by atoms with Crippen molar-refractivity contribution < 1.29 is 0 Å². The van der Waals surface area contributed by atoms with E-state index < -0.39 is 0 Å². The lowest BCUT2D eigenvalue weighted by molar-refractivity contribution is 0.543. The van der Waals surface area contributed by atoms with Crippen molar-refractivity contribution >= 4 is 0 Å². The Labute approximate surface area is 63.3 Å². The third kappa shape index (κ3) is 0.744. The molecule has 10 heavy (non-hydrogen) atoms. The Morgan fingerprint density at radius 3 is 1.90 bits per heavy atom. The molecule has 0 fully saturated rings. The third-order valence-corrected chi connectivity index (χ3v) is 3.23. The van der Waals surface area contributed by atoms with Crippen LogP contribution in [0, 0.1) is 11.8 Å². The van der Waals surface area contributed by atoms with Crippen LogP contribution in [0.3, 0.4) is 0 Å². The molecule has 0 spiro atoms. The lowest BCUT2D eigenvalue weighted by atomic mass is 9.94. The molecular formula is C10H16. The molecule has 0 heteroatoms. The van der Waals surface area contributed by atoms with Gasteiger partial charge in [0.1, 0.15) is 0 Å². The first kappa shape index (κ1) is 6.45. The predicted molar refractivity (Wildman–Crippen MR) is 43.8 cm³/mol. The monoisotopic (exact) mass is 136 g/mol. The quantitative estimate of drug-likeness (QED) is 0.449. The maximum Gasteiger partial charge on any atom is -0.0223 e. The molecule has 0 aromatic rings. The zero-order valence-electron chi connectivity index (χ0n) is 6.98. The fourth-order valence-electron chi connectivity index (χ4n) is 2.69. The van der Waals surface area contributed by atoms with E-state index in [-0.39, 0.29) is 0 Å². The normalized spacial score (nSPS) is 39.0. The molecule has 2 atom stereocenters. The van der Waals surface area contributed by atoms with E-state index >= 15 is 0 Å². The zero-order chi connectivity index (χ0) is 7.14. The van der Waals surface area contributed by atoms with E-state index in [1.807, 2.05) is 11.1 Å². The van der Waals surface area contributed by atoms with Crippen molar-refractivity contribution in [1.29, 1.82) is 0 Å². The maximum atomic E-state index is 2.39. The minimum atomic E-state index is 0.924. The highest BCUT2D eigenvalue weighted by atomic mass is 14.3. The second kappa shape index (κ2) is 2.11. The van der Waals surface area contributed by atoms with Gasteiger partial charge in [-0.15, -0.1) is 0 Å². The summed E-state index contributed by atoms with van der Waals surface area (Å²) in [5, 5.41) is 0. The summed E-state index contributed by atoms with van der Waals surface area (Å²) in [5.41, 5.74) is 3.65. The van der Waals surface area contributed by atoms with Gasteiger partial charge >= 0.3 is 0 Å². The summed E-state index contributed by atoms with van der Waals surface area (Å²) in [7, 11) is 0. The minimum absolute atomic E-state index is 0.924. The van der Waals surface area contributed by atoms with Gasteiger partial charge in [-0.1, -0.05) is 25.0 Å². The molecule has 0 aromatic heterocycles. The van der Waals surface area contributed by atoms with Crippen LogP contribution in [-0.4, -0.2) is 0 Å². The van der Waals surface area contributed by atoms with Crippen molar-refractivity contribution in [1.82, 2.24) is 0 Å². The Morgan fingerprint density at radius 1 is 1.00 bits per heavy atom. The molecule has 2 aliphatic carbocycles. The number of hydrogen-bond donors (Lipinski definition) is 0. The maximum absolute atomic E-state index is 2.39. The summed E-state index contributed by atoms with van der Waals surface area (Å²) in [4.78, 5) is 0. The van der Waals surface area contributed by atoms with E-state index in [1.54, 1.807) is 0 Å². The number of hydrogen-bond acceptors (Lipinski definition) is 0. The minimum Gasteiger partial charge on any atom is -0.0704 e. The van der Waals surface area contributed by atoms with E-state index in [9.17, 15) is 0 Å². The molecule has 0 aliphatic heterocycles. The Morgan fingerprint density at radius 2 is 1.50 bits per heavy atom. The number of allylic oxidation sites excluding steroid dienone is 2. The molecule has 0 saturated carbocycles. The van der Waals surface area contributed by atoms with Gasteiger partial charge in [0.25, 0.3) is 0 Å². The van der Waals surface area contributed by atoms with E-state index in [0.717, 1.165) is 11.8 Å². The summed E-state index contributed by atoms with van der Waals surface area (Å²) in [6, 6.07) is 0. The van der Waals surface area contributed by atoms with Crippen LogP contribution in [-0.2, 0) is 0 Å². The van der Waals surface area contributed by atoms with Gasteiger partial charge < -0.3 is 0 Å². The smallest absolute Gasteiger partial charge is 0.0223 e.